The normalized spacial score (nSPS) is 23.2. The van der Waals surface area contributed by atoms with Crippen LogP contribution >= 0.6 is 11.6 Å². The Morgan fingerprint density at radius 3 is 2.79 bits per heavy atom. The highest BCUT2D eigenvalue weighted by Gasteiger charge is 2.25. The van der Waals surface area contributed by atoms with E-state index in [2.05, 4.69) is 5.32 Å². The van der Waals surface area contributed by atoms with Crippen LogP contribution in [0.2, 0.25) is 5.02 Å². The van der Waals surface area contributed by atoms with E-state index in [1.807, 2.05) is 0 Å². The van der Waals surface area contributed by atoms with Crippen LogP contribution in [-0.4, -0.2) is 23.2 Å². The van der Waals surface area contributed by atoms with Crippen molar-refractivity contribution in [3.8, 4) is 0 Å². The van der Waals surface area contributed by atoms with Crippen molar-refractivity contribution < 1.29 is 14.3 Å². The molecular formula is C14H17ClFNO2. The van der Waals surface area contributed by atoms with Gasteiger partial charge >= 0.3 is 0 Å². The number of aryl methyl sites for hydroxylation is 1. The standard InChI is InChI=1S/C14H17ClFNO2/c1-8-6-9(10(15)7-11(8)16)14(19)17-12-4-2-3-5-13(12)18/h6-7,12-13,18H,2-5H2,1H3,(H,17,19). The number of halogens is 2. The molecule has 0 spiro atoms. The molecule has 1 fully saturated rings. The first-order valence-electron chi connectivity index (χ1n) is 6.43. The van der Waals surface area contributed by atoms with Gasteiger partial charge in [0, 0.05) is 0 Å². The first-order chi connectivity index (χ1) is 8.99. The van der Waals surface area contributed by atoms with Crippen LogP contribution in [0.1, 0.15) is 41.6 Å². The van der Waals surface area contributed by atoms with E-state index < -0.39 is 11.9 Å². The Morgan fingerprint density at radius 1 is 1.42 bits per heavy atom. The van der Waals surface area contributed by atoms with Gasteiger partial charge in [-0.05, 0) is 37.5 Å². The molecule has 1 amide bonds. The van der Waals surface area contributed by atoms with Crippen molar-refractivity contribution >= 4 is 17.5 Å². The van der Waals surface area contributed by atoms with Crippen LogP contribution in [0.25, 0.3) is 0 Å². The van der Waals surface area contributed by atoms with Gasteiger partial charge in [-0.25, -0.2) is 4.39 Å². The molecule has 1 aromatic carbocycles. The summed E-state index contributed by atoms with van der Waals surface area (Å²) in [5.74, 6) is -0.793. The minimum atomic E-state index is -0.516. The van der Waals surface area contributed by atoms with Crippen LogP contribution < -0.4 is 5.32 Å². The zero-order chi connectivity index (χ0) is 14.0. The Labute approximate surface area is 116 Å². The molecule has 0 bridgehead atoms. The van der Waals surface area contributed by atoms with Crippen molar-refractivity contribution in [2.24, 2.45) is 0 Å². The van der Waals surface area contributed by atoms with E-state index in [0.717, 1.165) is 25.3 Å². The third-order valence-corrected chi connectivity index (χ3v) is 3.85. The average Bonchev–Trinajstić information content (AvgIpc) is 2.36. The Kier molecular flexibility index (Phi) is 4.42. The molecule has 0 heterocycles. The number of aliphatic hydroxyl groups excluding tert-OH is 1. The predicted octanol–water partition coefficient (Wildman–Crippen LogP) is 2.82. The van der Waals surface area contributed by atoms with Crippen LogP contribution in [0, 0.1) is 12.7 Å². The third kappa shape index (κ3) is 3.25. The first-order valence-corrected chi connectivity index (χ1v) is 6.81. The van der Waals surface area contributed by atoms with E-state index >= 15 is 0 Å². The van der Waals surface area contributed by atoms with Crippen LogP contribution in [0.4, 0.5) is 4.39 Å². The van der Waals surface area contributed by atoms with Gasteiger partial charge in [-0.15, -0.1) is 0 Å². The molecule has 3 nitrogen and oxygen atoms in total. The summed E-state index contributed by atoms with van der Waals surface area (Å²) >= 11 is 5.89. The SMILES string of the molecule is Cc1cc(C(=O)NC2CCCCC2O)c(Cl)cc1F. The Bertz CT molecular complexity index is 493. The van der Waals surface area contributed by atoms with Crippen LogP contribution in [0.3, 0.4) is 0 Å². The lowest BCUT2D eigenvalue weighted by Gasteiger charge is -2.28. The summed E-state index contributed by atoms with van der Waals surface area (Å²) in [6, 6.07) is 2.33. The Balaban J connectivity index is 2.13. The van der Waals surface area contributed by atoms with Crippen molar-refractivity contribution in [3.05, 3.63) is 34.1 Å². The van der Waals surface area contributed by atoms with Gasteiger partial charge < -0.3 is 10.4 Å². The molecule has 1 aliphatic carbocycles. The van der Waals surface area contributed by atoms with Crippen LogP contribution in [0.15, 0.2) is 12.1 Å². The van der Waals surface area contributed by atoms with E-state index in [1.54, 1.807) is 6.92 Å². The van der Waals surface area contributed by atoms with Gasteiger partial charge in [-0.3, -0.25) is 4.79 Å². The summed E-state index contributed by atoms with van der Waals surface area (Å²) in [6.45, 7) is 1.58. The van der Waals surface area contributed by atoms with Crippen molar-refractivity contribution in [2.75, 3.05) is 0 Å². The largest absolute Gasteiger partial charge is 0.391 e. The molecule has 1 aliphatic rings. The number of nitrogens with one attached hydrogen (secondary N) is 1. The number of benzene rings is 1. The number of carbonyl (C=O) groups excluding carboxylic acids is 1. The highest BCUT2D eigenvalue weighted by Crippen LogP contribution is 2.22. The average molecular weight is 286 g/mol. The molecule has 1 aromatic rings. The fraction of sp³-hybridized carbons (Fsp3) is 0.500. The number of amides is 1. The molecule has 2 atom stereocenters. The van der Waals surface area contributed by atoms with E-state index in [-0.39, 0.29) is 22.5 Å². The summed E-state index contributed by atoms with van der Waals surface area (Å²) in [5, 5.41) is 12.7. The maximum Gasteiger partial charge on any atom is 0.253 e. The molecule has 0 radical (unpaired) electrons. The van der Waals surface area contributed by atoms with E-state index in [9.17, 15) is 14.3 Å². The molecule has 1 saturated carbocycles. The smallest absolute Gasteiger partial charge is 0.253 e. The van der Waals surface area contributed by atoms with Gasteiger partial charge in [0.2, 0.25) is 0 Å². The molecule has 5 heteroatoms. The number of rotatable bonds is 2. The van der Waals surface area contributed by atoms with Crippen molar-refractivity contribution in [3.63, 3.8) is 0 Å². The summed E-state index contributed by atoms with van der Waals surface area (Å²) in [7, 11) is 0. The van der Waals surface area contributed by atoms with Crippen LogP contribution in [-0.2, 0) is 0 Å². The van der Waals surface area contributed by atoms with Gasteiger partial charge in [0.1, 0.15) is 5.82 Å². The van der Waals surface area contributed by atoms with E-state index in [1.165, 1.54) is 6.07 Å². The molecule has 19 heavy (non-hydrogen) atoms. The molecular weight excluding hydrogens is 269 g/mol. The summed E-state index contributed by atoms with van der Waals surface area (Å²) in [6.07, 6.45) is 2.89. The highest BCUT2D eigenvalue weighted by atomic mass is 35.5. The third-order valence-electron chi connectivity index (χ3n) is 3.54. The molecule has 0 aliphatic heterocycles. The Hall–Kier alpha value is -1.13. The fourth-order valence-corrected chi connectivity index (χ4v) is 2.59. The predicted molar refractivity (Wildman–Crippen MR) is 71.9 cm³/mol. The zero-order valence-electron chi connectivity index (χ0n) is 10.7. The quantitative estimate of drug-likeness (QED) is 0.878. The van der Waals surface area contributed by atoms with Crippen molar-refractivity contribution in [1.82, 2.24) is 5.32 Å². The van der Waals surface area contributed by atoms with Gasteiger partial charge in [-0.2, -0.15) is 0 Å². The maximum atomic E-state index is 13.3. The minimum Gasteiger partial charge on any atom is -0.391 e. The number of aliphatic hydroxyl groups is 1. The van der Waals surface area contributed by atoms with Crippen molar-refractivity contribution in [2.45, 2.75) is 44.8 Å². The van der Waals surface area contributed by atoms with Gasteiger partial charge in [0.15, 0.2) is 0 Å². The van der Waals surface area contributed by atoms with E-state index in [4.69, 9.17) is 11.6 Å². The molecule has 2 unspecified atom stereocenters. The monoisotopic (exact) mass is 285 g/mol. The zero-order valence-corrected chi connectivity index (χ0v) is 11.5. The van der Waals surface area contributed by atoms with Gasteiger partial charge in [-0.1, -0.05) is 24.4 Å². The lowest BCUT2D eigenvalue weighted by molar-refractivity contribution is 0.0717. The number of hydrogen-bond acceptors (Lipinski definition) is 2. The fourth-order valence-electron chi connectivity index (χ4n) is 2.36. The van der Waals surface area contributed by atoms with Crippen molar-refractivity contribution in [1.29, 1.82) is 0 Å². The second kappa shape index (κ2) is 5.88. The topological polar surface area (TPSA) is 49.3 Å². The second-order valence-electron chi connectivity index (χ2n) is 5.01. The number of carbonyl (C=O) groups is 1. The van der Waals surface area contributed by atoms with E-state index in [0.29, 0.717) is 12.0 Å². The second-order valence-corrected chi connectivity index (χ2v) is 5.42. The minimum absolute atomic E-state index is 0.0888. The van der Waals surface area contributed by atoms with Crippen LogP contribution in [0.5, 0.6) is 0 Å². The lowest BCUT2D eigenvalue weighted by Crippen LogP contribution is -2.45. The maximum absolute atomic E-state index is 13.3. The lowest BCUT2D eigenvalue weighted by atomic mass is 9.92. The van der Waals surface area contributed by atoms with Gasteiger partial charge in [0.25, 0.3) is 5.91 Å². The molecule has 0 saturated heterocycles. The first kappa shape index (κ1) is 14.3. The molecule has 2 N–H and O–H groups in total. The number of hydrogen-bond donors (Lipinski definition) is 2. The molecule has 0 aromatic heterocycles. The summed E-state index contributed by atoms with van der Waals surface area (Å²) < 4.78 is 13.3. The summed E-state index contributed by atoms with van der Waals surface area (Å²) in [5.41, 5.74) is 0.622. The molecule has 104 valence electrons. The Morgan fingerprint density at radius 2 is 2.11 bits per heavy atom. The summed E-state index contributed by atoms with van der Waals surface area (Å²) in [4.78, 5) is 12.1. The van der Waals surface area contributed by atoms with Gasteiger partial charge in [0.05, 0.1) is 22.7 Å². The molecule has 2 rings (SSSR count). The highest BCUT2D eigenvalue weighted by molar-refractivity contribution is 6.33.